The lowest BCUT2D eigenvalue weighted by molar-refractivity contribution is 0.294. The van der Waals surface area contributed by atoms with E-state index in [9.17, 15) is 0 Å². The summed E-state index contributed by atoms with van der Waals surface area (Å²) in [5, 5.41) is 0. The average Bonchev–Trinajstić information content (AvgIpc) is 2.16. The lowest BCUT2D eigenvalue weighted by Crippen LogP contribution is -2.56. The van der Waals surface area contributed by atoms with Gasteiger partial charge in [0.2, 0.25) is 0 Å². The van der Waals surface area contributed by atoms with Gasteiger partial charge in [0.15, 0.2) is 0 Å². The van der Waals surface area contributed by atoms with Crippen LogP contribution in [-0.4, -0.2) is 42.8 Å². The maximum absolute atomic E-state index is 2.59. The molecule has 1 aliphatic rings. The topological polar surface area (TPSA) is 6.48 Å². The molecular weight excluding hydrogens is 147 g/mol. The maximum atomic E-state index is 2.59. The van der Waals surface area contributed by atoms with Crippen molar-refractivity contribution in [1.29, 1.82) is 0 Å². The number of rotatable bonds is 3. The van der Waals surface area contributed by atoms with E-state index in [4.69, 9.17) is 0 Å². The van der Waals surface area contributed by atoms with E-state index in [1.54, 1.807) is 0 Å². The van der Waals surface area contributed by atoms with Gasteiger partial charge < -0.3 is 9.62 Å². The Balaban J connectivity index is 2.52. The molecule has 2 nitrogen and oxygen atoms in total. The fraction of sp³-hybridized carbons (Fsp3) is 1.00. The van der Waals surface area contributed by atoms with Crippen LogP contribution in [0.5, 0.6) is 0 Å². The van der Waals surface area contributed by atoms with Gasteiger partial charge in [-0.25, -0.2) is 0 Å². The molecule has 1 rings (SSSR count). The Kier molecular flexibility index (Phi) is 4.09. The van der Waals surface area contributed by atoms with Crippen LogP contribution in [0.4, 0.5) is 0 Å². The molecule has 0 unspecified atom stereocenters. The van der Waals surface area contributed by atoms with E-state index in [0.717, 1.165) is 0 Å². The number of hydrogen-bond acceptors (Lipinski definition) is 2. The van der Waals surface area contributed by atoms with Crippen LogP contribution in [0, 0.1) is 0 Å². The molecule has 70 valence electrons. The minimum atomic E-state index is 0.716. The monoisotopic (exact) mass is 168 g/mol. The minimum absolute atomic E-state index is 0.716. The van der Waals surface area contributed by atoms with Crippen molar-refractivity contribution < 1.29 is 0 Å². The van der Waals surface area contributed by atoms with Crippen LogP contribution in [-0.2, 0) is 0 Å². The molecule has 3 heteroatoms. The molecule has 12 heavy (non-hydrogen) atoms. The second-order valence-corrected chi connectivity index (χ2v) is 3.50. The molecule has 0 atom stereocenters. The van der Waals surface area contributed by atoms with Crippen molar-refractivity contribution >= 4 is 6.98 Å². The standard InChI is InChI=1S/C9H21BN2/c1-4-10-11(5-2)8-7-9-12(10)6-3/h4-9H2,1-3H3. The summed E-state index contributed by atoms with van der Waals surface area (Å²) in [6, 6.07) is 0. The van der Waals surface area contributed by atoms with Gasteiger partial charge in [0.25, 0.3) is 0 Å². The van der Waals surface area contributed by atoms with E-state index >= 15 is 0 Å². The second kappa shape index (κ2) is 4.88. The quantitative estimate of drug-likeness (QED) is 0.590. The van der Waals surface area contributed by atoms with Gasteiger partial charge in [0.1, 0.15) is 0 Å². The lowest BCUT2D eigenvalue weighted by Gasteiger charge is -2.40. The third kappa shape index (κ3) is 2.02. The maximum Gasteiger partial charge on any atom is 0.310 e. The molecule has 0 aromatic carbocycles. The summed E-state index contributed by atoms with van der Waals surface area (Å²) < 4.78 is 0. The molecule has 1 heterocycles. The van der Waals surface area contributed by atoms with Crippen LogP contribution in [0.3, 0.4) is 0 Å². The highest BCUT2D eigenvalue weighted by atomic mass is 15.2. The summed E-state index contributed by atoms with van der Waals surface area (Å²) in [6.07, 6.45) is 2.61. The Hall–Kier alpha value is -0.0151. The Labute approximate surface area is 77.0 Å². The van der Waals surface area contributed by atoms with Crippen molar-refractivity contribution in [1.82, 2.24) is 9.62 Å². The lowest BCUT2D eigenvalue weighted by atomic mass is 9.66. The Morgan fingerprint density at radius 2 is 1.50 bits per heavy atom. The first kappa shape index (κ1) is 10.1. The fourth-order valence-electron chi connectivity index (χ4n) is 2.26. The van der Waals surface area contributed by atoms with E-state index in [1.165, 1.54) is 38.9 Å². The molecule has 1 aliphatic heterocycles. The van der Waals surface area contributed by atoms with Gasteiger partial charge in [0, 0.05) is 0 Å². The highest BCUT2D eigenvalue weighted by Crippen LogP contribution is 2.13. The summed E-state index contributed by atoms with van der Waals surface area (Å²) in [5.41, 5.74) is 0. The normalized spacial score (nSPS) is 21.8. The molecule has 1 fully saturated rings. The van der Waals surface area contributed by atoms with E-state index < -0.39 is 0 Å². The van der Waals surface area contributed by atoms with Crippen LogP contribution >= 0.6 is 0 Å². The van der Waals surface area contributed by atoms with Gasteiger partial charge in [-0.2, -0.15) is 0 Å². The summed E-state index contributed by atoms with van der Waals surface area (Å²) in [6.45, 7) is 12.5. The zero-order valence-corrected chi connectivity index (χ0v) is 8.71. The molecule has 0 aromatic heterocycles. The van der Waals surface area contributed by atoms with Crippen molar-refractivity contribution in [3.63, 3.8) is 0 Å². The molecule has 0 saturated carbocycles. The van der Waals surface area contributed by atoms with Crippen LogP contribution in [0.15, 0.2) is 0 Å². The van der Waals surface area contributed by atoms with E-state index in [-0.39, 0.29) is 0 Å². The van der Waals surface area contributed by atoms with Crippen LogP contribution in [0.2, 0.25) is 6.32 Å². The van der Waals surface area contributed by atoms with E-state index in [0.29, 0.717) is 6.98 Å². The SMILES string of the molecule is CCB1N(CC)CCCN1CC. The molecule has 0 N–H and O–H groups in total. The highest BCUT2D eigenvalue weighted by Gasteiger charge is 2.29. The van der Waals surface area contributed by atoms with Gasteiger partial charge in [-0.3, -0.25) is 0 Å². The third-order valence-corrected chi connectivity index (χ3v) is 2.91. The highest BCUT2D eigenvalue weighted by molar-refractivity contribution is 6.52. The first-order chi connectivity index (χ1) is 5.83. The van der Waals surface area contributed by atoms with Crippen molar-refractivity contribution in [3.05, 3.63) is 0 Å². The Morgan fingerprint density at radius 3 is 1.83 bits per heavy atom. The molecule has 0 aromatic rings. The van der Waals surface area contributed by atoms with Gasteiger partial charge >= 0.3 is 6.98 Å². The Bertz CT molecular complexity index is 118. The average molecular weight is 168 g/mol. The van der Waals surface area contributed by atoms with Gasteiger partial charge in [-0.05, 0) is 38.9 Å². The van der Waals surface area contributed by atoms with Crippen molar-refractivity contribution in [2.24, 2.45) is 0 Å². The van der Waals surface area contributed by atoms with E-state index in [2.05, 4.69) is 30.4 Å². The summed E-state index contributed by atoms with van der Waals surface area (Å²) in [7, 11) is 0. The first-order valence-electron chi connectivity index (χ1n) is 5.31. The predicted molar refractivity (Wildman–Crippen MR) is 55.3 cm³/mol. The van der Waals surface area contributed by atoms with Gasteiger partial charge in [0.05, 0.1) is 0 Å². The number of hydrogen-bond donors (Lipinski definition) is 0. The van der Waals surface area contributed by atoms with Crippen LogP contribution in [0.1, 0.15) is 27.2 Å². The van der Waals surface area contributed by atoms with Crippen molar-refractivity contribution in [2.45, 2.75) is 33.5 Å². The molecular formula is C9H21BN2. The molecule has 0 aliphatic carbocycles. The minimum Gasteiger partial charge on any atom is -0.328 e. The van der Waals surface area contributed by atoms with Crippen molar-refractivity contribution in [2.75, 3.05) is 26.2 Å². The zero-order valence-electron chi connectivity index (χ0n) is 8.71. The van der Waals surface area contributed by atoms with Crippen LogP contribution < -0.4 is 0 Å². The largest absolute Gasteiger partial charge is 0.328 e. The second-order valence-electron chi connectivity index (χ2n) is 3.50. The molecule has 1 saturated heterocycles. The summed E-state index contributed by atoms with van der Waals surface area (Å²) >= 11 is 0. The first-order valence-corrected chi connectivity index (χ1v) is 5.31. The molecule has 0 bridgehead atoms. The predicted octanol–water partition coefficient (Wildman–Crippen LogP) is 1.54. The third-order valence-electron chi connectivity index (χ3n) is 2.91. The fourth-order valence-corrected chi connectivity index (χ4v) is 2.26. The zero-order chi connectivity index (χ0) is 8.97. The Morgan fingerprint density at radius 1 is 1.00 bits per heavy atom. The molecule has 0 amide bonds. The van der Waals surface area contributed by atoms with Crippen LogP contribution in [0.25, 0.3) is 0 Å². The summed E-state index contributed by atoms with van der Waals surface area (Å²) in [4.78, 5) is 5.18. The smallest absolute Gasteiger partial charge is 0.310 e. The van der Waals surface area contributed by atoms with Crippen molar-refractivity contribution in [3.8, 4) is 0 Å². The number of nitrogens with zero attached hydrogens (tertiary/aromatic N) is 2. The van der Waals surface area contributed by atoms with Gasteiger partial charge in [-0.1, -0.05) is 20.8 Å². The van der Waals surface area contributed by atoms with E-state index in [1.807, 2.05) is 0 Å². The molecule has 0 spiro atoms. The van der Waals surface area contributed by atoms with Gasteiger partial charge in [-0.15, -0.1) is 0 Å². The summed E-state index contributed by atoms with van der Waals surface area (Å²) in [5.74, 6) is 0. The molecule has 0 radical (unpaired) electrons.